The van der Waals surface area contributed by atoms with Crippen molar-refractivity contribution in [1.82, 2.24) is 19.7 Å². The van der Waals surface area contributed by atoms with Crippen LogP contribution < -0.4 is 10.6 Å². The van der Waals surface area contributed by atoms with Crippen LogP contribution in [-0.2, 0) is 0 Å². The number of anilines is 2. The van der Waals surface area contributed by atoms with Crippen molar-refractivity contribution in [1.29, 1.82) is 0 Å². The van der Waals surface area contributed by atoms with E-state index in [4.69, 9.17) is 9.97 Å². The molecule has 0 spiro atoms. The molecule has 2 aliphatic heterocycles. The van der Waals surface area contributed by atoms with Gasteiger partial charge in [0.2, 0.25) is 0 Å². The van der Waals surface area contributed by atoms with Gasteiger partial charge in [-0.05, 0) is 81.2 Å². The van der Waals surface area contributed by atoms with Crippen LogP contribution in [0.15, 0.2) is 36.4 Å². The zero-order valence-electron chi connectivity index (χ0n) is 19.9. The number of hydrogen-bond donors (Lipinski definition) is 2. The molecule has 2 N–H and O–H groups in total. The quantitative estimate of drug-likeness (QED) is 0.372. The summed E-state index contributed by atoms with van der Waals surface area (Å²) < 4.78 is 2.46. The number of thiazole rings is 2. The zero-order valence-corrected chi connectivity index (χ0v) is 21.5. The first-order chi connectivity index (χ1) is 16.6. The van der Waals surface area contributed by atoms with Crippen molar-refractivity contribution >= 4 is 61.4 Å². The molecule has 2 saturated heterocycles. The molecule has 2 fully saturated rings. The van der Waals surface area contributed by atoms with E-state index in [0.717, 1.165) is 34.4 Å². The van der Waals surface area contributed by atoms with Crippen LogP contribution in [0.5, 0.6) is 0 Å². The predicted molar refractivity (Wildman–Crippen MR) is 149 cm³/mol. The molecule has 4 aromatic rings. The molecular weight excluding hydrogens is 459 g/mol. The maximum atomic E-state index is 4.81. The first kappa shape index (κ1) is 22.3. The van der Waals surface area contributed by atoms with Crippen LogP contribution in [0.2, 0.25) is 0 Å². The molecule has 34 heavy (non-hydrogen) atoms. The minimum absolute atomic E-state index is 0.618. The molecule has 0 amide bonds. The minimum Gasteiger partial charge on any atom is -0.360 e. The van der Waals surface area contributed by atoms with Crippen LogP contribution in [0, 0.1) is 0 Å². The Morgan fingerprint density at radius 3 is 1.94 bits per heavy atom. The van der Waals surface area contributed by atoms with Gasteiger partial charge in [-0.25, -0.2) is 9.97 Å². The molecule has 2 aliphatic rings. The van der Waals surface area contributed by atoms with Crippen LogP contribution in [0.25, 0.3) is 31.6 Å². The van der Waals surface area contributed by atoms with E-state index in [0.29, 0.717) is 12.1 Å². The lowest BCUT2D eigenvalue weighted by Crippen LogP contribution is -2.32. The van der Waals surface area contributed by atoms with Gasteiger partial charge in [-0.15, -0.1) is 0 Å². The number of likely N-dealkylation sites (tertiary alicyclic amines) is 1. The smallest absolute Gasteiger partial charge is 0.185 e. The predicted octanol–water partition coefficient (Wildman–Crippen LogP) is 4.50. The van der Waals surface area contributed by atoms with Crippen molar-refractivity contribution < 1.29 is 0 Å². The number of benzene rings is 2. The summed E-state index contributed by atoms with van der Waals surface area (Å²) in [7, 11) is 4.44. The van der Waals surface area contributed by atoms with Gasteiger partial charge in [-0.3, -0.25) is 0 Å². The number of aromatic nitrogens is 2. The third kappa shape index (κ3) is 4.54. The molecule has 6 rings (SSSR count). The second kappa shape index (κ2) is 9.45. The maximum Gasteiger partial charge on any atom is 0.185 e. The van der Waals surface area contributed by atoms with Gasteiger partial charge in [-0.2, -0.15) is 0 Å². The lowest BCUT2D eigenvalue weighted by Gasteiger charge is -2.19. The summed E-state index contributed by atoms with van der Waals surface area (Å²) >= 11 is 3.51. The van der Waals surface area contributed by atoms with Crippen LogP contribution in [0.3, 0.4) is 0 Å². The first-order valence-electron chi connectivity index (χ1n) is 12.3. The summed E-state index contributed by atoms with van der Waals surface area (Å²) in [6.07, 6.45) is 5.14. The van der Waals surface area contributed by atoms with Crippen molar-refractivity contribution in [3.63, 3.8) is 0 Å². The van der Waals surface area contributed by atoms with Crippen LogP contribution in [-0.4, -0.2) is 73.0 Å². The Morgan fingerprint density at radius 1 is 0.853 bits per heavy atom. The van der Waals surface area contributed by atoms with Crippen LogP contribution in [0.4, 0.5) is 10.3 Å². The van der Waals surface area contributed by atoms with Gasteiger partial charge >= 0.3 is 0 Å². The van der Waals surface area contributed by atoms with Gasteiger partial charge in [0.1, 0.15) is 0 Å². The molecule has 2 atom stereocenters. The average molecular weight is 491 g/mol. The zero-order chi connectivity index (χ0) is 23.1. The van der Waals surface area contributed by atoms with E-state index in [2.05, 4.69) is 71.8 Å². The first-order valence-corrected chi connectivity index (χ1v) is 14.0. The third-order valence-electron chi connectivity index (χ3n) is 7.43. The van der Waals surface area contributed by atoms with Crippen LogP contribution >= 0.6 is 22.7 Å². The standard InChI is InChI=1S/C25H31BN6S2/c1-31-10-2-4-18(31)14-27-24-29-20-8-6-16(12-22(20)33-24)17-7-9-21-23(13-17)34-25(30-21)28-15-19-5-3-11-32(19)26/h6-9,12-13,18-19H,2-5,10-11,14-15,26H2,1H3,(H,27,29)(H,28,30)/t18-,19-/m0/s1. The molecule has 4 heterocycles. The van der Waals surface area contributed by atoms with Gasteiger partial charge in [0.15, 0.2) is 18.2 Å². The normalized spacial score (nSPS) is 21.7. The molecule has 0 bridgehead atoms. The highest BCUT2D eigenvalue weighted by Crippen LogP contribution is 2.34. The Balaban J connectivity index is 1.17. The molecule has 2 aromatic heterocycles. The second-order valence-electron chi connectivity index (χ2n) is 9.72. The van der Waals surface area contributed by atoms with Gasteiger partial charge < -0.3 is 20.3 Å². The maximum absolute atomic E-state index is 4.81. The van der Waals surface area contributed by atoms with E-state index >= 15 is 0 Å². The largest absolute Gasteiger partial charge is 0.360 e. The minimum atomic E-state index is 0.618. The Labute approximate surface area is 209 Å². The molecule has 9 heteroatoms. The number of rotatable bonds is 7. The van der Waals surface area contributed by atoms with E-state index in [9.17, 15) is 0 Å². The van der Waals surface area contributed by atoms with Crippen molar-refractivity contribution in [2.75, 3.05) is 43.9 Å². The fraction of sp³-hybridized carbons (Fsp3) is 0.440. The van der Waals surface area contributed by atoms with Crippen molar-refractivity contribution in [2.24, 2.45) is 0 Å². The fourth-order valence-corrected chi connectivity index (χ4v) is 7.07. The molecule has 6 nitrogen and oxygen atoms in total. The summed E-state index contributed by atoms with van der Waals surface area (Å²) in [5, 5.41) is 9.20. The van der Waals surface area contributed by atoms with Gasteiger partial charge in [0.05, 0.1) is 20.4 Å². The Bertz CT molecular complexity index is 1200. The lowest BCUT2D eigenvalue weighted by molar-refractivity contribution is 0.322. The summed E-state index contributed by atoms with van der Waals surface area (Å²) in [6, 6.07) is 14.5. The van der Waals surface area contributed by atoms with E-state index < -0.39 is 0 Å². The highest BCUT2D eigenvalue weighted by atomic mass is 32.1. The molecule has 0 aliphatic carbocycles. The summed E-state index contributed by atoms with van der Waals surface area (Å²) in [4.78, 5) is 14.5. The third-order valence-corrected chi connectivity index (χ3v) is 9.38. The Kier molecular flexibility index (Phi) is 6.19. The molecule has 176 valence electrons. The Morgan fingerprint density at radius 2 is 1.41 bits per heavy atom. The monoisotopic (exact) mass is 490 g/mol. The topological polar surface area (TPSA) is 56.3 Å². The highest BCUT2D eigenvalue weighted by molar-refractivity contribution is 7.22. The summed E-state index contributed by atoms with van der Waals surface area (Å²) in [5.74, 6) is 0. The van der Waals surface area contributed by atoms with E-state index in [1.54, 1.807) is 22.7 Å². The second-order valence-corrected chi connectivity index (χ2v) is 11.8. The SMILES string of the molecule is BN1CCC[C@H]1CNc1nc2ccc(-c3ccc4nc(NC[C@@H]5CCCN5C)sc4c3)cc2s1. The average Bonchev–Trinajstić information content (AvgIpc) is 3.62. The van der Waals surface area contributed by atoms with Crippen molar-refractivity contribution in [2.45, 2.75) is 37.8 Å². The van der Waals surface area contributed by atoms with Gasteiger partial charge in [0, 0.05) is 25.2 Å². The van der Waals surface area contributed by atoms with Gasteiger partial charge in [0.25, 0.3) is 0 Å². The number of likely N-dealkylation sites (N-methyl/N-ethyl adjacent to an activating group) is 1. The number of hydrogen-bond acceptors (Lipinski definition) is 8. The Hall–Kier alpha value is -2.20. The molecule has 2 aromatic carbocycles. The van der Waals surface area contributed by atoms with Crippen molar-refractivity contribution in [3.05, 3.63) is 36.4 Å². The summed E-state index contributed by atoms with van der Waals surface area (Å²) in [5.41, 5.74) is 4.60. The van der Waals surface area contributed by atoms with E-state index in [-0.39, 0.29) is 0 Å². The molecular formula is C25H31BN6S2. The molecule has 0 unspecified atom stereocenters. The van der Waals surface area contributed by atoms with E-state index in [1.165, 1.54) is 59.3 Å². The lowest BCUT2D eigenvalue weighted by atomic mass is 10.1. The summed E-state index contributed by atoms with van der Waals surface area (Å²) in [6.45, 7) is 4.35. The fourth-order valence-electron chi connectivity index (χ4n) is 5.24. The molecule has 0 radical (unpaired) electrons. The van der Waals surface area contributed by atoms with Crippen molar-refractivity contribution in [3.8, 4) is 11.1 Å². The van der Waals surface area contributed by atoms with Crippen LogP contribution in [0.1, 0.15) is 25.7 Å². The van der Waals surface area contributed by atoms with E-state index in [1.807, 2.05) is 0 Å². The number of fused-ring (bicyclic) bond motifs is 2. The molecule has 0 saturated carbocycles. The number of nitrogens with zero attached hydrogens (tertiary/aromatic N) is 4. The van der Waals surface area contributed by atoms with Gasteiger partial charge in [-0.1, -0.05) is 34.8 Å². The highest BCUT2D eigenvalue weighted by Gasteiger charge is 2.21. The number of nitrogens with one attached hydrogen (secondary N) is 2.